The topological polar surface area (TPSA) is 83.7 Å². The molecule has 0 radical (unpaired) electrons. The molecule has 1 aromatic carbocycles. The Hall–Kier alpha value is -2.11. The van der Waals surface area contributed by atoms with E-state index >= 15 is 0 Å². The van der Waals surface area contributed by atoms with Gasteiger partial charge in [-0.2, -0.15) is 0 Å². The molecule has 0 atom stereocenters. The van der Waals surface area contributed by atoms with E-state index in [4.69, 9.17) is 5.11 Å². The summed E-state index contributed by atoms with van der Waals surface area (Å²) in [7, 11) is 1.92. The van der Waals surface area contributed by atoms with Gasteiger partial charge in [0.2, 0.25) is 0 Å². The van der Waals surface area contributed by atoms with Crippen LogP contribution >= 0.6 is 0 Å². The molecule has 1 fully saturated rings. The fraction of sp³-hybridized carbons (Fsp3) is 0.500. The molecule has 20 heavy (non-hydrogen) atoms. The van der Waals surface area contributed by atoms with E-state index in [1.807, 2.05) is 11.9 Å². The number of carboxylic acids is 1. The summed E-state index contributed by atoms with van der Waals surface area (Å²) >= 11 is 0. The number of aromatic carboxylic acids is 1. The molecule has 1 saturated carbocycles. The van der Waals surface area contributed by atoms with Gasteiger partial charge >= 0.3 is 5.97 Å². The van der Waals surface area contributed by atoms with Crippen LogP contribution in [0.1, 0.15) is 42.5 Å². The third-order valence-corrected chi connectivity index (χ3v) is 3.94. The van der Waals surface area contributed by atoms with Gasteiger partial charge in [0.25, 0.3) is 5.69 Å². The number of hydrogen-bond donors (Lipinski definition) is 1. The summed E-state index contributed by atoms with van der Waals surface area (Å²) in [6, 6.07) is 4.68. The van der Waals surface area contributed by atoms with Gasteiger partial charge in [0.15, 0.2) is 0 Å². The normalized spacial score (nSPS) is 15.8. The fourth-order valence-electron chi connectivity index (χ4n) is 2.75. The van der Waals surface area contributed by atoms with Crippen LogP contribution in [0, 0.1) is 10.1 Å². The van der Waals surface area contributed by atoms with Gasteiger partial charge in [-0.05, 0) is 25.0 Å². The Morgan fingerprint density at radius 2 is 2.00 bits per heavy atom. The zero-order valence-electron chi connectivity index (χ0n) is 11.4. The number of rotatable bonds is 4. The van der Waals surface area contributed by atoms with Gasteiger partial charge in [-0.25, -0.2) is 4.79 Å². The van der Waals surface area contributed by atoms with Crippen LogP contribution in [-0.2, 0) is 0 Å². The molecule has 6 heteroatoms. The third-order valence-electron chi connectivity index (χ3n) is 3.94. The molecule has 0 spiro atoms. The predicted molar refractivity (Wildman–Crippen MR) is 75.3 cm³/mol. The highest BCUT2D eigenvalue weighted by molar-refractivity contribution is 5.93. The Labute approximate surface area is 117 Å². The van der Waals surface area contributed by atoms with Crippen LogP contribution in [0.15, 0.2) is 18.2 Å². The second-order valence-corrected chi connectivity index (χ2v) is 5.17. The van der Waals surface area contributed by atoms with Crippen molar-refractivity contribution in [3.63, 3.8) is 0 Å². The maximum atomic E-state index is 11.2. The molecule has 0 amide bonds. The van der Waals surface area contributed by atoms with Crippen molar-refractivity contribution in [3.05, 3.63) is 33.9 Å². The van der Waals surface area contributed by atoms with E-state index in [0.717, 1.165) is 18.5 Å². The lowest BCUT2D eigenvalue weighted by Crippen LogP contribution is -2.33. The van der Waals surface area contributed by atoms with Crippen LogP contribution in [-0.4, -0.2) is 29.1 Å². The molecule has 1 aromatic rings. The highest BCUT2D eigenvalue weighted by Crippen LogP contribution is 2.29. The van der Waals surface area contributed by atoms with Gasteiger partial charge in [-0.3, -0.25) is 10.1 Å². The summed E-state index contributed by atoms with van der Waals surface area (Å²) in [6.07, 6.45) is 5.75. The number of nitro benzene ring substituents is 1. The molecule has 0 aromatic heterocycles. The Balaban J connectivity index is 2.30. The van der Waals surface area contributed by atoms with Gasteiger partial charge in [-0.1, -0.05) is 19.3 Å². The predicted octanol–water partition coefficient (Wildman–Crippen LogP) is 3.06. The van der Waals surface area contributed by atoms with Crippen molar-refractivity contribution < 1.29 is 14.8 Å². The fourth-order valence-corrected chi connectivity index (χ4v) is 2.75. The van der Waals surface area contributed by atoms with Gasteiger partial charge < -0.3 is 10.0 Å². The van der Waals surface area contributed by atoms with E-state index in [1.165, 1.54) is 31.4 Å². The zero-order valence-corrected chi connectivity index (χ0v) is 11.4. The van der Waals surface area contributed by atoms with Gasteiger partial charge in [0, 0.05) is 24.8 Å². The van der Waals surface area contributed by atoms with Crippen LogP contribution < -0.4 is 4.90 Å². The van der Waals surface area contributed by atoms with Crippen LogP contribution in [0.4, 0.5) is 11.4 Å². The molecule has 1 N–H and O–H groups in total. The first-order chi connectivity index (χ1) is 9.50. The van der Waals surface area contributed by atoms with E-state index in [9.17, 15) is 14.9 Å². The smallest absolute Gasteiger partial charge is 0.342 e. The van der Waals surface area contributed by atoms with E-state index in [0.29, 0.717) is 6.04 Å². The second-order valence-electron chi connectivity index (χ2n) is 5.17. The van der Waals surface area contributed by atoms with Crippen LogP contribution in [0.3, 0.4) is 0 Å². The summed E-state index contributed by atoms with van der Waals surface area (Å²) in [5.41, 5.74) is 0.105. The van der Waals surface area contributed by atoms with Gasteiger partial charge in [0.1, 0.15) is 5.56 Å². The van der Waals surface area contributed by atoms with E-state index < -0.39 is 10.9 Å². The summed E-state index contributed by atoms with van der Waals surface area (Å²) in [5.74, 6) is -1.27. The highest BCUT2D eigenvalue weighted by atomic mass is 16.6. The minimum Gasteiger partial charge on any atom is -0.477 e. The molecule has 1 aliphatic rings. The first kappa shape index (κ1) is 14.3. The van der Waals surface area contributed by atoms with Crippen molar-refractivity contribution in [2.24, 2.45) is 0 Å². The number of nitrogens with zero attached hydrogens (tertiary/aromatic N) is 2. The van der Waals surface area contributed by atoms with Crippen LogP contribution in [0.25, 0.3) is 0 Å². The number of carbonyl (C=O) groups is 1. The lowest BCUT2D eigenvalue weighted by molar-refractivity contribution is -0.385. The molecule has 0 bridgehead atoms. The van der Waals surface area contributed by atoms with E-state index in [1.54, 1.807) is 6.07 Å². The largest absolute Gasteiger partial charge is 0.477 e. The van der Waals surface area contributed by atoms with Crippen molar-refractivity contribution in [2.75, 3.05) is 11.9 Å². The van der Waals surface area contributed by atoms with Crippen LogP contribution in [0.5, 0.6) is 0 Å². The summed E-state index contributed by atoms with van der Waals surface area (Å²) in [4.78, 5) is 23.4. The average molecular weight is 278 g/mol. The Bertz CT molecular complexity index is 524. The minimum absolute atomic E-state index is 0.254. The van der Waals surface area contributed by atoms with Crippen LogP contribution in [0.2, 0.25) is 0 Å². The SMILES string of the molecule is CN(c1ccc([N+](=O)[O-])c(C(=O)O)c1)C1CCCCC1. The monoisotopic (exact) mass is 278 g/mol. The maximum absolute atomic E-state index is 11.2. The summed E-state index contributed by atoms with van der Waals surface area (Å²) in [6.45, 7) is 0. The molecule has 1 aliphatic carbocycles. The Morgan fingerprint density at radius 1 is 1.35 bits per heavy atom. The Kier molecular flexibility index (Phi) is 4.22. The number of hydrogen-bond acceptors (Lipinski definition) is 4. The first-order valence-electron chi connectivity index (χ1n) is 6.75. The van der Waals surface area contributed by atoms with Crippen molar-refractivity contribution in [1.29, 1.82) is 0 Å². The number of carboxylic acid groups (broad SMARTS) is 1. The van der Waals surface area contributed by atoms with E-state index in [-0.39, 0.29) is 11.3 Å². The van der Waals surface area contributed by atoms with Crippen molar-refractivity contribution in [1.82, 2.24) is 0 Å². The number of benzene rings is 1. The molecule has 0 aliphatic heterocycles. The molecule has 0 heterocycles. The van der Waals surface area contributed by atoms with Crippen molar-refractivity contribution in [2.45, 2.75) is 38.1 Å². The average Bonchev–Trinajstić information content (AvgIpc) is 2.46. The summed E-state index contributed by atoms with van der Waals surface area (Å²) in [5, 5.41) is 19.9. The highest BCUT2D eigenvalue weighted by Gasteiger charge is 2.23. The van der Waals surface area contributed by atoms with Crippen molar-refractivity contribution in [3.8, 4) is 0 Å². The molecule has 0 saturated heterocycles. The maximum Gasteiger partial charge on any atom is 0.342 e. The Morgan fingerprint density at radius 3 is 2.55 bits per heavy atom. The molecule has 108 valence electrons. The molecular weight excluding hydrogens is 260 g/mol. The first-order valence-corrected chi connectivity index (χ1v) is 6.75. The van der Waals surface area contributed by atoms with Gasteiger partial charge in [0.05, 0.1) is 4.92 Å². The lowest BCUT2D eigenvalue weighted by Gasteiger charge is -2.33. The molecule has 2 rings (SSSR count). The third kappa shape index (κ3) is 2.89. The quantitative estimate of drug-likeness (QED) is 0.676. The molecule has 0 unspecified atom stereocenters. The molecule has 6 nitrogen and oxygen atoms in total. The standard InChI is InChI=1S/C14H18N2O4/c1-15(10-5-3-2-4-6-10)11-7-8-13(16(19)20)12(9-11)14(17)18/h7-10H,2-6H2,1H3,(H,17,18). The second kappa shape index (κ2) is 5.90. The lowest BCUT2D eigenvalue weighted by atomic mass is 9.94. The minimum atomic E-state index is -1.27. The number of anilines is 1. The van der Waals surface area contributed by atoms with Crippen molar-refractivity contribution >= 4 is 17.3 Å². The summed E-state index contributed by atoms with van der Waals surface area (Å²) < 4.78 is 0. The number of nitro groups is 1. The van der Waals surface area contributed by atoms with Gasteiger partial charge in [-0.15, -0.1) is 0 Å². The van der Waals surface area contributed by atoms with E-state index in [2.05, 4.69) is 0 Å². The molecular formula is C14H18N2O4. The zero-order chi connectivity index (χ0) is 14.7.